The van der Waals surface area contributed by atoms with Crippen molar-refractivity contribution < 1.29 is 22.5 Å². The Labute approximate surface area is 176 Å². The summed E-state index contributed by atoms with van der Waals surface area (Å²) in [5, 5.41) is 12.9. The number of urea groups is 1. The maximum Gasteiger partial charge on any atom is 0.332 e. The van der Waals surface area contributed by atoms with E-state index in [4.69, 9.17) is 10.8 Å². The van der Waals surface area contributed by atoms with Crippen LogP contribution in [-0.4, -0.2) is 49.2 Å². The minimum absolute atomic E-state index is 0.0225. The number of hydrogen-bond donors (Lipinski definition) is 5. The maximum atomic E-state index is 12.5. The molecule has 1 unspecified atom stereocenters. The van der Waals surface area contributed by atoms with Crippen molar-refractivity contribution in [2.24, 2.45) is 10.8 Å². The Morgan fingerprint density at radius 1 is 1.13 bits per heavy atom. The zero-order chi connectivity index (χ0) is 21.9. The molecule has 0 heterocycles. The van der Waals surface area contributed by atoms with Crippen LogP contribution in [0.15, 0.2) is 51.3 Å². The number of primary amides is 1. The number of nitrogens with one attached hydrogen (secondary N) is 3. The molecule has 1 atom stereocenters. The molecule has 30 heavy (non-hydrogen) atoms. The van der Waals surface area contributed by atoms with Crippen LogP contribution in [0.2, 0.25) is 0 Å². The van der Waals surface area contributed by atoms with E-state index < -0.39 is 27.0 Å². The van der Waals surface area contributed by atoms with Gasteiger partial charge in [0.05, 0.1) is 22.1 Å². The number of aliphatic hydroxyl groups excluding tert-OH is 1. The molecule has 0 bridgehead atoms. The summed E-state index contributed by atoms with van der Waals surface area (Å²) in [5.74, 6) is 0. The first-order valence-corrected chi connectivity index (χ1v) is 11.6. The van der Waals surface area contributed by atoms with Crippen molar-refractivity contribution in [2.45, 2.75) is 16.7 Å². The molecule has 2 aromatic rings. The SMILES string of the molecule is CCNS(=O)c1ccc2c(c1)/C(=N\NC(N)=O)c1cc(S(=O)(=O)NCCO)ccc1-2. The van der Waals surface area contributed by atoms with E-state index in [9.17, 15) is 17.4 Å². The van der Waals surface area contributed by atoms with E-state index in [0.717, 1.165) is 5.56 Å². The molecule has 10 nitrogen and oxygen atoms in total. The third-order valence-corrected chi connectivity index (χ3v) is 6.96. The minimum Gasteiger partial charge on any atom is -0.395 e. The third-order valence-electron chi connectivity index (χ3n) is 4.26. The van der Waals surface area contributed by atoms with Gasteiger partial charge in [-0.05, 0) is 35.4 Å². The number of benzene rings is 2. The molecule has 1 aliphatic rings. The molecule has 1 aliphatic carbocycles. The van der Waals surface area contributed by atoms with Crippen molar-refractivity contribution in [3.63, 3.8) is 0 Å². The monoisotopic (exact) mass is 451 g/mol. The normalized spacial score (nSPS) is 14.9. The van der Waals surface area contributed by atoms with Crippen LogP contribution in [0.25, 0.3) is 11.1 Å². The van der Waals surface area contributed by atoms with Crippen molar-refractivity contribution in [3.05, 3.63) is 47.5 Å². The Kier molecular flexibility index (Phi) is 6.63. The molecule has 0 fully saturated rings. The average Bonchev–Trinajstić information content (AvgIpc) is 3.03. The molecule has 3 rings (SSSR count). The lowest BCUT2D eigenvalue weighted by Crippen LogP contribution is -2.27. The summed E-state index contributed by atoms with van der Waals surface area (Å²) in [4.78, 5) is 11.7. The van der Waals surface area contributed by atoms with E-state index in [0.29, 0.717) is 33.8 Å². The topological polar surface area (TPSA) is 163 Å². The van der Waals surface area contributed by atoms with Gasteiger partial charge in [0.15, 0.2) is 0 Å². The number of rotatable bonds is 8. The van der Waals surface area contributed by atoms with E-state index in [1.807, 2.05) is 6.92 Å². The number of hydrogen-bond acceptors (Lipinski definition) is 6. The van der Waals surface area contributed by atoms with E-state index >= 15 is 0 Å². The van der Waals surface area contributed by atoms with Gasteiger partial charge in [-0.1, -0.05) is 19.1 Å². The summed E-state index contributed by atoms with van der Waals surface area (Å²) in [6, 6.07) is 8.78. The van der Waals surface area contributed by atoms with E-state index in [2.05, 4.69) is 20.0 Å². The molecule has 0 radical (unpaired) electrons. The molecule has 2 aromatic carbocycles. The summed E-state index contributed by atoms with van der Waals surface area (Å²) in [6.45, 7) is 1.88. The Balaban J connectivity index is 2.13. The van der Waals surface area contributed by atoms with Crippen LogP contribution in [0.4, 0.5) is 4.79 Å². The van der Waals surface area contributed by atoms with E-state index in [1.54, 1.807) is 24.3 Å². The van der Waals surface area contributed by atoms with Crippen molar-refractivity contribution in [1.82, 2.24) is 14.9 Å². The number of nitrogens with zero attached hydrogens (tertiary/aromatic N) is 1. The van der Waals surface area contributed by atoms with Crippen LogP contribution in [0.1, 0.15) is 18.1 Å². The Morgan fingerprint density at radius 2 is 1.80 bits per heavy atom. The number of amides is 2. The second-order valence-electron chi connectivity index (χ2n) is 6.24. The molecule has 0 saturated carbocycles. The molecular formula is C18H21N5O5S2. The third kappa shape index (κ3) is 4.42. The number of carbonyl (C=O) groups is 1. The fourth-order valence-electron chi connectivity index (χ4n) is 3.05. The molecule has 2 amide bonds. The quantitative estimate of drug-likeness (QED) is 0.304. The predicted octanol–water partition coefficient (Wildman–Crippen LogP) is -0.00960. The number of aliphatic hydroxyl groups is 1. The van der Waals surface area contributed by atoms with Crippen LogP contribution in [0.3, 0.4) is 0 Å². The first kappa shape index (κ1) is 22.1. The van der Waals surface area contributed by atoms with Crippen molar-refractivity contribution in [1.29, 1.82) is 0 Å². The largest absolute Gasteiger partial charge is 0.395 e. The smallest absolute Gasteiger partial charge is 0.332 e. The zero-order valence-electron chi connectivity index (χ0n) is 16.0. The van der Waals surface area contributed by atoms with Crippen LogP contribution in [-0.2, 0) is 21.0 Å². The lowest BCUT2D eigenvalue weighted by molar-refractivity contribution is 0.249. The molecular weight excluding hydrogens is 430 g/mol. The summed E-state index contributed by atoms with van der Waals surface area (Å²) in [6.07, 6.45) is 0. The molecule has 0 aliphatic heterocycles. The van der Waals surface area contributed by atoms with Crippen molar-refractivity contribution >= 4 is 32.8 Å². The van der Waals surface area contributed by atoms with Gasteiger partial charge in [-0.15, -0.1) is 0 Å². The van der Waals surface area contributed by atoms with E-state index in [1.165, 1.54) is 12.1 Å². The number of sulfonamides is 1. The van der Waals surface area contributed by atoms with Gasteiger partial charge in [-0.3, -0.25) is 0 Å². The number of hydrazone groups is 1. The Bertz CT molecular complexity index is 1150. The number of carbonyl (C=O) groups excluding carboxylic acids is 1. The molecule has 0 aromatic heterocycles. The fraction of sp³-hybridized carbons (Fsp3) is 0.222. The Morgan fingerprint density at radius 3 is 2.43 bits per heavy atom. The molecule has 6 N–H and O–H groups in total. The Hall–Kier alpha value is -2.64. The molecule has 160 valence electrons. The van der Waals surface area contributed by atoms with Crippen molar-refractivity contribution in [2.75, 3.05) is 19.7 Å². The van der Waals surface area contributed by atoms with Gasteiger partial charge in [0.2, 0.25) is 10.0 Å². The molecule has 12 heteroatoms. The minimum atomic E-state index is -3.85. The van der Waals surface area contributed by atoms with Crippen LogP contribution < -0.4 is 20.6 Å². The van der Waals surface area contributed by atoms with Gasteiger partial charge < -0.3 is 10.8 Å². The van der Waals surface area contributed by atoms with Gasteiger partial charge in [0.1, 0.15) is 11.0 Å². The highest BCUT2D eigenvalue weighted by Crippen LogP contribution is 2.38. The second-order valence-corrected chi connectivity index (χ2v) is 9.30. The first-order valence-electron chi connectivity index (χ1n) is 8.96. The van der Waals surface area contributed by atoms with Gasteiger partial charge in [-0.2, -0.15) is 5.10 Å². The van der Waals surface area contributed by atoms with Gasteiger partial charge in [-0.25, -0.2) is 32.3 Å². The summed E-state index contributed by atoms with van der Waals surface area (Å²) in [7, 11) is -5.29. The lowest BCUT2D eigenvalue weighted by Gasteiger charge is -2.08. The van der Waals surface area contributed by atoms with E-state index in [-0.39, 0.29) is 18.0 Å². The number of nitrogens with two attached hydrogens (primary N) is 1. The molecule has 0 saturated heterocycles. The number of fused-ring (bicyclic) bond motifs is 3. The standard InChI is InChI=1S/C18H21N5O5S2/c1-2-20-29(26)11-3-5-13-14-6-4-12(30(27,28)21-7-8-24)10-16(14)17(15(13)9-11)22-23-18(19)25/h3-6,9-10,20-21,24H,2,7-8H2,1H3,(H3,19,23,25)/b22-17+. The zero-order valence-corrected chi connectivity index (χ0v) is 17.6. The first-order chi connectivity index (χ1) is 14.3. The van der Waals surface area contributed by atoms with Crippen LogP contribution in [0.5, 0.6) is 0 Å². The summed E-state index contributed by atoms with van der Waals surface area (Å²) < 4.78 is 42.3. The average molecular weight is 452 g/mol. The highest BCUT2D eigenvalue weighted by atomic mass is 32.2. The molecule has 0 spiro atoms. The second kappa shape index (κ2) is 9.02. The summed E-state index contributed by atoms with van der Waals surface area (Å²) >= 11 is 0. The fourth-order valence-corrected chi connectivity index (χ4v) is 4.94. The van der Waals surface area contributed by atoms with Crippen LogP contribution in [0, 0.1) is 0 Å². The highest BCUT2D eigenvalue weighted by molar-refractivity contribution is 7.89. The van der Waals surface area contributed by atoms with Gasteiger partial charge >= 0.3 is 6.03 Å². The van der Waals surface area contributed by atoms with Crippen LogP contribution >= 0.6 is 0 Å². The van der Waals surface area contributed by atoms with Gasteiger partial charge in [0.25, 0.3) is 0 Å². The van der Waals surface area contributed by atoms with Gasteiger partial charge in [0, 0.05) is 24.2 Å². The highest BCUT2D eigenvalue weighted by Gasteiger charge is 2.28. The lowest BCUT2D eigenvalue weighted by atomic mass is 10.1. The summed E-state index contributed by atoms with van der Waals surface area (Å²) in [5.41, 5.74) is 10.1. The maximum absolute atomic E-state index is 12.5. The van der Waals surface area contributed by atoms with Crippen molar-refractivity contribution in [3.8, 4) is 11.1 Å². The predicted molar refractivity (Wildman–Crippen MR) is 113 cm³/mol.